The summed E-state index contributed by atoms with van der Waals surface area (Å²) in [6.45, 7) is 6.79. The fourth-order valence-corrected chi connectivity index (χ4v) is 5.84. The maximum absolute atomic E-state index is 5.77. The fraction of sp³-hybridized carbons (Fsp3) is 0.353. The van der Waals surface area contributed by atoms with E-state index in [-0.39, 0.29) is 12.4 Å². The molecule has 2 atom stereocenters. The van der Waals surface area contributed by atoms with Crippen LogP contribution in [0.3, 0.4) is 0 Å². The summed E-state index contributed by atoms with van der Waals surface area (Å²) in [6, 6.07) is 27.7. The topological polar surface area (TPSA) is 85.8 Å². The van der Waals surface area contributed by atoms with Crippen LogP contribution in [0.2, 0.25) is 0 Å². The predicted octanol–water partition coefficient (Wildman–Crippen LogP) is 5.92. The van der Waals surface area contributed by atoms with Gasteiger partial charge in [-0.05, 0) is 58.9 Å². The third-order valence-corrected chi connectivity index (χ3v) is 8.37. The van der Waals surface area contributed by atoms with Crippen molar-refractivity contribution in [3.8, 4) is 22.5 Å². The molecule has 3 aromatic carbocycles. The number of hydrogen-bond donors (Lipinski definition) is 1. The number of aromatic amines is 1. The lowest BCUT2D eigenvalue weighted by Gasteiger charge is -2.40. The Bertz CT molecular complexity index is 1530. The van der Waals surface area contributed by atoms with Crippen LogP contribution in [0.5, 0.6) is 0 Å². The van der Waals surface area contributed by atoms with Gasteiger partial charge in [0.25, 0.3) is 0 Å². The lowest BCUT2D eigenvalue weighted by atomic mass is 9.98. The Hall–Kier alpha value is -4.50. The van der Waals surface area contributed by atoms with E-state index in [4.69, 9.17) is 9.73 Å². The van der Waals surface area contributed by atoms with E-state index in [0.717, 1.165) is 68.0 Å². The molecule has 222 valence electrons. The van der Waals surface area contributed by atoms with Crippen LogP contribution >= 0.6 is 0 Å². The van der Waals surface area contributed by atoms with Gasteiger partial charge in [0, 0.05) is 32.0 Å². The minimum Gasteiger partial charge on any atom is -0.362 e. The van der Waals surface area contributed by atoms with E-state index in [1.165, 1.54) is 16.8 Å². The van der Waals surface area contributed by atoms with Gasteiger partial charge in [-0.15, -0.1) is 5.10 Å². The van der Waals surface area contributed by atoms with Crippen molar-refractivity contribution in [1.29, 1.82) is 0 Å². The Balaban J connectivity index is 1.26. The molecule has 0 amide bonds. The molecule has 0 radical (unpaired) electrons. The van der Waals surface area contributed by atoms with Crippen LogP contribution < -0.4 is 0 Å². The van der Waals surface area contributed by atoms with Gasteiger partial charge in [0.1, 0.15) is 12.4 Å². The summed E-state index contributed by atoms with van der Waals surface area (Å²) in [5.41, 5.74) is 6.96. The number of fused-ring (bicyclic) bond motifs is 1. The molecule has 3 heterocycles. The SMILES string of the molecule is CCCCC1N=C2C(=CN(C(C)OC)CN2CCc2ccccc2)N1Cc1ccc(-c2ccccc2-c2nnn[nH]2)cc1. The second kappa shape index (κ2) is 13.2. The average molecular weight is 577 g/mol. The highest BCUT2D eigenvalue weighted by Gasteiger charge is 2.37. The summed E-state index contributed by atoms with van der Waals surface area (Å²) in [7, 11) is 1.77. The molecule has 9 heteroatoms. The summed E-state index contributed by atoms with van der Waals surface area (Å²) in [6.07, 6.45) is 6.61. The molecular weight excluding hydrogens is 536 g/mol. The standard InChI is InChI=1S/C34H40N8O/c1-4-5-15-32-35-34-31(23-41(25(2)43-3)24-40(34)21-20-26-11-7-6-8-12-26)42(32)22-27-16-18-28(19-17-27)29-13-9-10-14-30(29)33-36-38-39-37-33/h6-14,16-19,23,25,32H,4-5,15,20-22,24H2,1-3H3,(H,36,37,38,39). The second-order valence-electron chi connectivity index (χ2n) is 11.2. The zero-order valence-electron chi connectivity index (χ0n) is 25.2. The zero-order chi connectivity index (χ0) is 29.6. The van der Waals surface area contributed by atoms with Crippen molar-refractivity contribution in [2.45, 2.75) is 58.5 Å². The number of methoxy groups -OCH3 is 1. The van der Waals surface area contributed by atoms with E-state index in [2.05, 4.69) is 116 Å². The summed E-state index contributed by atoms with van der Waals surface area (Å²) >= 11 is 0. The molecule has 0 bridgehead atoms. The number of aliphatic imine (C=N–C) groups is 1. The lowest BCUT2D eigenvalue weighted by Crippen LogP contribution is -2.49. The number of ether oxygens (including phenoxy) is 1. The highest BCUT2D eigenvalue weighted by Crippen LogP contribution is 2.34. The minimum atomic E-state index is -0.0382. The van der Waals surface area contributed by atoms with Crippen molar-refractivity contribution in [2.75, 3.05) is 20.3 Å². The third-order valence-electron chi connectivity index (χ3n) is 8.37. The highest BCUT2D eigenvalue weighted by atomic mass is 16.5. The van der Waals surface area contributed by atoms with Gasteiger partial charge in [0.2, 0.25) is 0 Å². The Morgan fingerprint density at radius 1 is 0.953 bits per heavy atom. The normalized spacial score (nSPS) is 17.1. The molecule has 9 nitrogen and oxygen atoms in total. The third kappa shape index (κ3) is 6.32. The van der Waals surface area contributed by atoms with Gasteiger partial charge >= 0.3 is 0 Å². The number of H-pyrrole nitrogens is 1. The Morgan fingerprint density at radius 3 is 2.44 bits per heavy atom. The summed E-state index contributed by atoms with van der Waals surface area (Å²) < 4.78 is 5.77. The molecule has 0 saturated carbocycles. The van der Waals surface area contributed by atoms with Gasteiger partial charge in [-0.3, -0.25) is 0 Å². The molecule has 0 saturated heterocycles. The number of nitrogens with one attached hydrogen (secondary N) is 1. The van der Waals surface area contributed by atoms with Gasteiger partial charge in [0.05, 0.1) is 12.4 Å². The Morgan fingerprint density at radius 2 is 1.72 bits per heavy atom. The van der Waals surface area contributed by atoms with Crippen molar-refractivity contribution in [3.63, 3.8) is 0 Å². The predicted molar refractivity (Wildman–Crippen MR) is 169 cm³/mol. The van der Waals surface area contributed by atoms with E-state index < -0.39 is 0 Å². The van der Waals surface area contributed by atoms with E-state index in [0.29, 0.717) is 5.82 Å². The number of rotatable bonds is 12. The van der Waals surface area contributed by atoms with Crippen LogP contribution in [0.25, 0.3) is 22.5 Å². The molecule has 0 aliphatic carbocycles. The smallest absolute Gasteiger partial charge is 0.180 e. The summed E-state index contributed by atoms with van der Waals surface area (Å²) in [4.78, 5) is 12.5. The fourth-order valence-electron chi connectivity index (χ4n) is 5.84. The lowest BCUT2D eigenvalue weighted by molar-refractivity contribution is -0.0112. The van der Waals surface area contributed by atoms with Crippen molar-refractivity contribution in [1.82, 2.24) is 35.3 Å². The first kappa shape index (κ1) is 28.6. The highest BCUT2D eigenvalue weighted by molar-refractivity contribution is 6.00. The maximum Gasteiger partial charge on any atom is 0.180 e. The number of benzene rings is 3. The minimum absolute atomic E-state index is 0.0382. The van der Waals surface area contributed by atoms with E-state index in [1.807, 2.05) is 18.2 Å². The first-order valence-corrected chi connectivity index (χ1v) is 15.2. The number of unbranched alkanes of at least 4 members (excludes halogenated alkanes) is 1. The van der Waals surface area contributed by atoms with Gasteiger partial charge in [-0.25, -0.2) is 10.1 Å². The molecule has 6 rings (SSSR count). The van der Waals surface area contributed by atoms with Crippen LogP contribution in [0, 0.1) is 0 Å². The molecule has 43 heavy (non-hydrogen) atoms. The first-order valence-electron chi connectivity index (χ1n) is 15.2. The molecule has 2 aliphatic heterocycles. The summed E-state index contributed by atoms with van der Waals surface area (Å²) in [5.74, 6) is 1.76. The van der Waals surface area contributed by atoms with Crippen LogP contribution in [-0.2, 0) is 17.7 Å². The van der Waals surface area contributed by atoms with Crippen LogP contribution in [0.1, 0.15) is 44.2 Å². The molecule has 1 N–H and O–H groups in total. The largest absolute Gasteiger partial charge is 0.362 e. The second-order valence-corrected chi connectivity index (χ2v) is 11.2. The van der Waals surface area contributed by atoms with E-state index in [9.17, 15) is 0 Å². The van der Waals surface area contributed by atoms with Crippen molar-refractivity contribution in [2.24, 2.45) is 4.99 Å². The van der Waals surface area contributed by atoms with Gasteiger partial charge in [-0.1, -0.05) is 92.2 Å². The average Bonchev–Trinajstić information content (AvgIpc) is 3.72. The number of nitrogens with zero attached hydrogens (tertiary/aromatic N) is 7. The number of aromatic nitrogens is 4. The zero-order valence-corrected chi connectivity index (χ0v) is 25.2. The summed E-state index contributed by atoms with van der Waals surface area (Å²) in [5, 5.41) is 14.6. The number of amidine groups is 1. The first-order chi connectivity index (χ1) is 21.1. The molecule has 2 unspecified atom stereocenters. The Labute approximate surface area is 253 Å². The van der Waals surface area contributed by atoms with E-state index in [1.54, 1.807) is 7.11 Å². The quantitative estimate of drug-likeness (QED) is 0.224. The molecule has 4 aromatic rings. The van der Waals surface area contributed by atoms with Gasteiger partial charge < -0.3 is 19.4 Å². The number of tetrazole rings is 1. The monoisotopic (exact) mass is 576 g/mol. The molecule has 0 fully saturated rings. The van der Waals surface area contributed by atoms with E-state index >= 15 is 0 Å². The molecule has 0 spiro atoms. The molecule has 1 aromatic heterocycles. The number of hydrogen-bond acceptors (Lipinski definition) is 8. The van der Waals surface area contributed by atoms with Crippen LogP contribution in [0.4, 0.5) is 0 Å². The van der Waals surface area contributed by atoms with Gasteiger partial charge in [0.15, 0.2) is 11.7 Å². The molecule has 2 aliphatic rings. The van der Waals surface area contributed by atoms with Crippen molar-refractivity contribution >= 4 is 5.84 Å². The maximum atomic E-state index is 5.77. The van der Waals surface area contributed by atoms with Crippen molar-refractivity contribution < 1.29 is 4.74 Å². The van der Waals surface area contributed by atoms with Crippen LogP contribution in [-0.4, -0.2) is 73.9 Å². The van der Waals surface area contributed by atoms with Crippen molar-refractivity contribution in [3.05, 3.63) is 102 Å². The Kier molecular flexibility index (Phi) is 8.79. The van der Waals surface area contributed by atoms with Crippen LogP contribution in [0.15, 0.2) is 95.8 Å². The van der Waals surface area contributed by atoms with Gasteiger partial charge in [-0.2, -0.15) is 0 Å². The molecular formula is C34H40N8O.